The molecule has 3 rings (SSSR count). The first-order valence-corrected chi connectivity index (χ1v) is 7.14. The molecular formula is C17H14F2N2O2. The van der Waals surface area contributed by atoms with E-state index in [4.69, 9.17) is 0 Å². The number of carbonyl (C=O) groups is 2. The van der Waals surface area contributed by atoms with Gasteiger partial charge < -0.3 is 10.6 Å². The van der Waals surface area contributed by atoms with Crippen LogP contribution in [0, 0.1) is 17.0 Å². The second kappa shape index (κ2) is 5.79. The molecule has 2 N–H and O–H groups in total. The first-order valence-electron chi connectivity index (χ1n) is 7.14. The largest absolute Gasteiger partial charge is 0.325 e. The van der Waals surface area contributed by atoms with Gasteiger partial charge in [0.15, 0.2) is 0 Å². The Labute approximate surface area is 131 Å². The van der Waals surface area contributed by atoms with Crippen LogP contribution in [0.5, 0.6) is 0 Å². The molecule has 0 bridgehead atoms. The fourth-order valence-electron chi connectivity index (χ4n) is 2.32. The second-order valence-corrected chi connectivity index (χ2v) is 5.51. The van der Waals surface area contributed by atoms with Crippen LogP contribution in [0.25, 0.3) is 0 Å². The lowest BCUT2D eigenvalue weighted by Crippen LogP contribution is -2.35. The average Bonchev–Trinajstić information content (AvgIpc) is 3.29. The molecular weight excluding hydrogens is 302 g/mol. The molecule has 23 heavy (non-hydrogen) atoms. The Kier molecular flexibility index (Phi) is 3.82. The summed E-state index contributed by atoms with van der Waals surface area (Å²) in [5.41, 5.74) is -0.599. The molecule has 0 unspecified atom stereocenters. The van der Waals surface area contributed by atoms with Gasteiger partial charge in [-0.2, -0.15) is 0 Å². The summed E-state index contributed by atoms with van der Waals surface area (Å²) in [4.78, 5) is 24.7. The maximum Gasteiger partial charge on any atom is 0.240 e. The van der Waals surface area contributed by atoms with E-state index in [1.165, 1.54) is 36.4 Å². The van der Waals surface area contributed by atoms with E-state index in [0.29, 0.717) is 24.2 Å². The van der Waals surface area contributed by atoms with Gasteiger partial charge in [-0.05, 0) is 49.2 Å². The Morgan fingerprint density at radius 1 is 0.826 bits per heavy atom. The van der Waals surface area contributed by atoms with Gasteiger partial charge in [-0.25, -0.2) is 8.78 Å². The van der Waals surface area contributed by atoms with Crippen molar-refractivity contribution in [3.8, 4) is 0 Å². The van der Waals surface area contributed by atoms with E-state index in [9.17, 15) is 18.4 Å². The van der Waals surface area contributed by atoms with E-state index in [2.05, 4.69) is 10.6 Å². The summed E-state index contributed by atoms with van der Waals surface area (Å²) in [6, 6.07) is 10.9. The van der Waals surface area contributed by atoms with Crippen molar-refractivity contribution in [2.75, 3.05) is 10.6 Å². The highest BCUT2D eigenvalue weighted by molar-refractivity contribution is 6.16. The molecule has 0 aromatic heterocycles. The van der Waals surface area contributed by atoms with Gasteiger partial charge in [0.05, 0.1) is 0 Å². The van der Waals surface area contributed by atoms with Crippen LogP contribution in [-0.2, 0) is 9.59 Å². The number of carbonyl (C=O) groups excluding carboxylic acids is 2. The van der Waals surface area contributed by atoms with Gasteiger partial charge in [-0.3, -0.25) is 9.59 Å². The van der Waals surface area contributed by atoms with Crippen LogP contribution in [0.3, 0.4) is 0 Å². The lowest BCUT2D eigenvalue weighted by molar-refractivity contribution is -0.131. The zero-order valence-corrected chi connectivity index (χ0v) is 12.1. The molecule has 1 fully saturated rings. The van der Waals surface area contributed by atoms with Crippen molar-refractivity contribution < 1.29 is 18.4 Å². The standard InChI is InChI=1S/C17H14F2N2O2/c18-11-3-1-5-13(9-11)20-15(22)17(7-8-17)16(23)21-14-6-2-4-12(19)10-14/h1-6,9-10H,7-8H2,(H,20,22)(H,21,23). The Bertz CT molecular complexity index is 711. The molecule has 4 nitrogen and oxygen atoms in total. The quantitative estimate of drug-likeness (QED) is 0.850. The van der Waals surface area contributed by atoms with Crippen molar-refractivity contribution in [3.63, 3.8) is 0 Å². The molecule has 0 spiro atoms. The van der Waals surface area contributed by atoms with E-state index >= 15 is 0 Å². The molecule has 1 aliphatic carbocycles. The van der Waals surface area contributed by atoms with Crippen molar-refractivity contribution in [2.24, 2.45) is 5.41 Å². The van der Waals surface area contributed by atoms with Gasteiger partial charge in [-0.15, -0.1) is 0 Å². The summed E-state index contributed by atoms with van der Waals surface area (Å²) in [5.74, 6) is -1.93. The number of hydrogen-bond acceptors (Lipinski definition) is 2. The molecule has 0 saturated heterocycles. The number of amides is 2. The van der Waals surface area contributed by atoms with Gasteiger partial charge in [-0.1, -0.05) is 12.1 Å². The summed E-state index contributed by atoms with van der Waals surface area (Å²) in [7, 11) is 0. The number of anilines is 2. The number of rotatable bonds is 4. The molecule has 1 aliphatic rings. The number of benzene rings is 2. The molecule has 118 valence electrons. The Morgan fingerprint density at radius 3 is 1.61 bits per heavy atom. The molecule has 6 heteroatoms. The van der Waals surface area contributed by atoms with E-state index in [1.54, 1.807) is 12.1 Å². The summed E-state index contributed by atoms with van der Waals surface area (Å²) in [6.07, 6.45) is 0.796. The Morgan fingerprint density at radius 2 is 1.26 bits per heavy atom. The van der Waals surface area contributed by atoms with Crippen LogP contribution in [-0.4, -0.2) is 11.8 Å². The fraction of sp³-hybridized carbons (Fsp3) is 0.176. The molecule has 0 heterocycles. The number of nitrogens with one attached hydrogen (secondary N) is 2. The zero-order valence-electron chi connectivity index (χ0n) is 12.1. The molecule has 0 aliphatic heterocycles. The molecule has 2 aromatic rings. The van der Waals surface area contributed by atoms with Crippen LogP contribution in [0.1, 0.15) is 12.8 Å². The molecule has 0 radical (unpaired) electrons. The summed E-state index contributed by atoms with van der Waals surface area (Å²) in [5, 5.41) is 5.10. The molecule has 2 aromatic carbocycles. The number of hydrogen-bond donors (Lipinski definition) is 2. The van der Waals surface area contributed by atoms with E-state index < -0.39 is 28.9 Å². The van der Waals surface area contributed by atoms with Gasteiger partial charge in [0, 0.05) is 11.4 Å². The van der Waals surface area contributed by atoms with Crippen molar-refractivity contribution >= 4 is 23.2 Å². The minimum Gasteiger partial charge on any atom is -0.325 e. The van der Waals surface area contributed by atoms with Crippen molar-refractivity contribution in [2.45, 2.75) is 12.8 Å². The third kappa shape index (κ3) is 3.21. The van der Waals surface area contributed by atoms with Crippen molar-refractivity contribution in [3.05, 3.63) is 60.2 Å². The van der Waals surface area contributed by atoms with Gasteiger partial charge in [0.25, 0.3) is 0 Å². The highest BCUT2D eigenvalue weighted by atomic mass is 19.1. The fourth-order valence-corrected chi connectivity index (χ4v) is 2.32. The lowest BCUT2D eigenvalue weighted by atomic mass is 10.0. The summed E-state index contributed by atoms with van der Waals surface area (Å²) in [6.45, 7) is 0. The highest BCUT2D eigenvalue weighted by Crippen LogP contribution is 2.47. The zero-order chi connectivity index (χ0) is 16.4. The second-order valence-electron chi connectivity index (χ2n) is 5.51. The van der Waals surface area contributed by atoms with Crippen LogP contribution >= 0.6 is 0 Å². The normalized spacial score (nSPS) is 14.9. The predicted octanol–water partition coefficient (Wildman–Crippen LogP) is 3.32. The average molecular weight is 316 g/mol. The smallest absolute Gasteiger partial charge is 0.240 e. The van der Waals surface area contributed by atoms with Crippen LogP contribution in [0.4, 0.5) is 20.2 Å². The first kappa shape index (κ1) is 15.1. The molecule has 0 atom stereocenters. The highest BCUT2D eigenvalue weighted by Gasteiger charge is 2.56. The number of halogens is 2. The lowest BCUT2D eigenvalue weighted by Gasteiger charge is -2.15. The third-order valence-corrected chi connectivity index (χ3v) is 3.78. The van der Waals surface area contributed by atoms with E-state index in [0.717, 1.165) is 0 Å². The Hall–Kier alpha value is -2.76. The van der Waals surface area contributed by atoms with Crippen LogP contribution < -0.4 is 10.6 Å². The minimum absolute atomic E-state index is 0.292. The van der Waals surface area contributed by atoms with Crippen LogP contribution in [0.15, 0.2) is 48.5 Å². The minimum atomic E-state index is -1.18. The van der Waals surface area contributed by atoms with Crippen LogP contribution in [0.2, 0.25) is 0 Å². The van der Waals surface area contributed by atoms with E-state index in [-0.39, 0.29) is 0 Å². The van der Waals surface area contributed by atoms with E-state index in [1.807, 2.05) is 0 Å². The third-order valence-electron chi connectivity index (χ3n) is 3.78. The summed E-state index contributed by atoms with van der Waals surface area (Å²) >= 11 is 0. The molecule has 1 saturated carbocycles. The van der Waals surface area contributed by atoms with Crippen molar-refractivity contribution in [1.29, 1.82) is 0 Å². The Balaban J connectivity index is 1.71. The van der Waals surface area contributed by atoms with Gasteiger partial charge in [0.2, 0.25) is 11.8 Å². The summed E-state index contributed by atoms with van der Waals surface area (Å²) < 4.78 is 26.3. The maximum absolute atomic E-state index is 13.1. The van der Waals surface area contributed by atoms with Gasteiger partial charge in [0.1, 0.15) is 17.0 Å². The topological polar surface area (TPSA) is 58.2 Å². The first-order chi connectivity index (χ1) is 11.0. The SMILES string of the molecule is O=C(Nc1cccc(F)c1)C1(C(=O)Nc2cccc(F)c2)CC1. The monoisotopic (exact) mass is 316 g/mol. The van der Waals surface area contributed by atoms with Crippen molar-refractivity contribution in [1.82, 2.24) is 0 Å². The molecule has 2 amide bonds. The van der Waals surface area contributed by atoms with Gasteiger partial charge >= 0.3 is 0 Å². The predicted molar refractivity (Wildman–Crippen MR) is 81.7 cm³/mol. The maximum atomic E-state index is 13.1.